The second-order valence-electron chi connectivity index (χ2n) is 3.04. The number of hydrazine groups is 1. The highest BCUT2D eigenvalue weighted by molar-refractivity contribution is 4.89. The van der Waals surface area contributed by atoms with Gasteiger partial charge in [0.05, 0.1) is 0 Å². The molecule has 1 saturated carbocycles. The number of rotatable bonds is 2. The van der Waals surface area contributed by atoms with Gasteiger partial charge in [-0.2, -0.15) is 0 Å². The molecule has 0 aliphatic heterocycles. The van der Waals surface area contributed by atoms with Gasteiger partial charge in [0.15, 0.2) is 0 Å². The highest BCUT2D eigenvalue weighted by Crippen LogP contribution is 2.35. The molecule has 1 aliphatic rings. The van der Waals surface area contributed by atoms with Crippen molar-refractivity contribution in [2.24, 2.45) is 17.7 Å². The quantitative estimate of drug-likeness (QED) is 0.428. The first kappa shape index (κ1) is 7.03. The lowest BCUT2D eigenvalue weighted by Gasteiger charge is -2.41. The third-order valence-electron chi connectivity index (χ3n) is 2.67. The van der Waals surface area contributed by atoms with Crippen molar-refractivity contribution in [1.82, 2.24) is 5.43 Å². The highest BCUT2D eigenvalue weighted by Gasteiger charge is 2.34. The van der Waals surface area contributed by atoms with Gasteiger partial charge in [-0.25, -0.2) is 0 Å². The van der Waals surface area contributed by atoms with Gasteiger partial charge in [0.2, 0.25) is 0 Å². The molecule has 3 N–H and O–H groups in total. The lowest BCUT2D eigenvalue weighted by molar-refractivity contribution is 0.118. The zero-order valence-electron chi connectivity index (χ0n) is 6.22. The van der Waals surface area contributed by atoms with E-state index < -0.39 is 0 Å². The summed E-state index contributed by atoms with van der Waals surface area (Å²) in [7, 11) is 0. The van der Waals surface area contributed by atoms with Gasteiger partial charge in [-0.3, -0.25) is 11.3 Å². The maximum atomic E-state index is 5.29. The van der Waals surface area contributed by atoms with Crippen LogP contribution < -0.4 is 11.3 Å². The van der Waals surface area contributed by atoms with E-state index >= 15 is 0 Å². The van der Waals surface area contributed by atoms with Gasteiger partial charge in [-0.05, 0) is 18.3 Å². The molecule has 0 aromatic heterocycles. The van der Waals surface area contributed by atoms with Crippen molar-refractivity contribution in [2.75, 3.05) is 0 Å². The van der Waals surface area contributed by atoms with Crippen molar-refractivity contribution in [2.45, 2.75) is 32.7 Å². The zero-order valence-corrected chi connectivity index (χ0v) is 6.22. The van der Waals surface area contributed by atoms with E-state index in [0.29, 0.717) is 6.04 Å². The Bertz CT molecular complexity index is 82.9. The van der Waals surface area contributed by atoms with E-state index in [1.165, 1.54) is 12.8 Å². The van der Waals surface area contributed by atoms with Crippen LogP contribution in [0.5, 0.6) is 0 Å². The fourth-order valence-corrected chi connectivity index (χ4v) is 1.65. The van der Waals surface area contributed by atoms with Crippen LogP contribution in [0.2, 0.25) is 0 Å². The normalized spacial score (nSPS) is 42.3. The Hall–Kier alpha value is -0.0800. The molecule has 1 rings (SSSR count). The van der Waals surface area contributed by atoms with Gasteiger partial charge in [0.25, 0.3) is 0 Å². The summed E-state index contributed by atoms with van der Waals surface area (Å²) in [6.45, 7) is 4.51. The molecule has 3 unspecified atom stereocenters. The second kappa shape index (κ2) is 2.67. The molecule has 9 heavy (non-hydrogen) atoms. The molecule has 54 valence electrons. The smallest absolute Gasteiger partial charge is 0.0241 e. The van der Waals surface area contributed by atoms with Gasteiger partial charge in [0.1, 0.15) is 0 Å². The van der Waals surface area contributed by atoms with Gasteiger partial charge in [0, 0.05) is 6.04 Å². The topological polar surface area (TPSA) is 38.0 Å². The van der Waals surface area contributed by atoms with E-state index in [-0.39, 0.29) is 0 Å². The molecule has 0 heterocycles. The Balaban J connectivity index is 2.24. The summed E-state index contributed by atoms with van der Waals surface area (Å²) in [6, 6.07) is 0.593. The van der Waals surface area contributed by atoms with E-state index in [2.05, 4.69) is 19.3 Å². The van der Waals surface area contributed by atoms with E-state index in [1.807, 2.05) is 0 Å². The molecule has 0 aromatic rings. The fraction of sp³-hybridized carbons (Fsp3) is 1.00. The van der Waals surface area contributed by atoms with Gasteiger partial charge in [-0.15, -0.1) is 0 Å². The van der Waals surface area contributed by atoms with Crippen LogP contribution in [0, 0.1) is 11.8 Å². The van der Waals surface area contributed by atoms with Crippen LogP contribution >= 0.6 is 0 Å². The Morgan fingerprint density at radius 3 is 2.67 bits per heavy atom. The third kappa shape index (κ3) is 1.10. The molecule has 2 nitrogen and oxygen atoms in total. The number of hydrogen-bond donors (Lipinski definition) is 2. The van der Waals surface area contributed by atoms with Crippen LogP contribution in [-0.4, -0.2) is 6.04 Å². The number of nitrogens with one attached hydrogen (secondary N) is 1. The van der Waals surface area contributed by atoms with Crippen molar-refractivity contribution in [3.05, 3.63) is 0 Å². The highest BCUT2D eigenvalue weighted by atomic mass is 15.2. The maximum Gasteiger partial charge on any atom is 0.0241 e. The van der Waals surface area contributed by atoms with Crippen molar-refractivity contribution < 1.29 is 0 Å². The summed E-state index contributed by atoms with van der Waals surface area (Å²) in [5, 5.41) is 0. The lowest BCUT2D eigenvalue weighted by atomic mass is 9.69. The summed E-state index contributed by atoms with van der Waals surface area (Å²) in [4.78, 5) is 0. The van der Waals surface area contributed by atoms with E-state index in [0.717, 1.165) is 11.8 Å². The molecule has 0 radical (unpaired) electrons. The number of hydrogen-bond acceptors (Lipinski definition) is 2. The maximum absolute atomic E-state index is 5.29. The summed E-state index contributed by atoms with van der Waals surface area (Å²) in [6.07, 6.45) is 2.58. The van der Waals surface area contributed by atoms with Crippen LogP contribution in [0.15, 0.2) is 0 Å². The van der Waals surface area contributed by atoms with Crippen molar-refractivity contribution in [3.8, 4) is 0 Å². The molecule has 3 atom stereocenters. The first-order valence-electron chi connectivity index (χ1n) is 3.75. The van der Waals surface area contributed by atoms with Crippen LogP contribution in [0.3, 0.4) is 0 Å². The molecule has 0 amide bonds. The first-order chi connectivity index (χ1) is 4.29. The van der Waals surface area contributed by atoms with Gasteiger partial charge < -0.3 is 0 Å². The summed E-state index contributed by atoms with van der Waals surface area (Å²) < 4.78 is 0. The van der Waals surface area contributed by atoms with E-state index in [1.54, 1.807) is 0 Å². The minimum absolute atomic E-state index is 0.593. The average molecular weight is 128 g/mol. The summed E-state index contributed by atoms with van der Waals surface area (Å²) >= 11 is 0. The first-order valence-corrected chi connectivity index (χ1v) is 3.75. The predicted octanol–water partition coefficient (Wildman–Crippen LogP) is 0.884. The van der Waals surface area contributed by atoms with Gasteiger partial charge in [-0.1, -0.05) is 20.3 Å². The van der Waals surface area contributed by atoms with Crippen molar-refractivity contribution in [3.63, 3.8) is 0 Å². The monoisotopic (exact) mass is 128 g/mol. The SMILES string of the molecule is CCC1CC(NN)C1C. The van der Waals surface area contributed by atoms with E-state index in [9.17, 15) is 0 Å². The molecule has 0 aromatic carbocycles. The molecule has 0 bridgehead atoms. The largest absolute Gasteiger partial charge is 0.271 e. The van der Waals surface area contributed by atoms with Crippen molar-refractivity contribution >= 4 is 0 Å². The van der Waals surface area contributed by atoms with Crippen LogP contribution in [-0.2, 0) is 0 Å². The molecular formula is C7H16N2. The van der Waals surface area contributed by atoms with Crippen LogP contribution in [0.4, 0.5) is 0 Å². The second-order valence-corrected chi connectivity index (χ2v) is 3.04. The average Bonchev–Trinajstić information content (AvgIpc) is 1.87. The molecule has 2 heteroatoms. The minimum Gasteiger partial charge on any atom is -0.271 e. The summed E-state index contributed by atoms with van der Waals surface area (Å²) in [5.41, 5.74) is 2.82. The van der Waals surface area contributed by atoms with Crippen LogP contribution in [0.25, 0.3) is 0 Å². The molecule has 1 aliphatic carbocycles. The van der Waals surface area contributed by atoms with Crippen molar-refractivity contribution in [1.29, 1.82) is 0 Å². The van der Waals surface area contributed by atoms with Crippen LogP contribution in [0.1, 0.15) is 26.7 Å². The Morgan fingerprint density at radius 2 is 2.33 bits per heavy atom. The molecule has 0 spiro atoms. The summed E-state index contributed by atoms with van der Waals surface area (Å²) in [5.74, 6) is 7.01. The molecule has 0 saturated heterocycles. The Morgan fingerprint density at radius 1 is 1.67 bits per heavy atom. The standard InChI is InChI=1S/C7H16N2/c1-3-6-4-7(9-8)5(6)2/h5-7,9H,3-4,8H2,1-2H3. The number of nitrogens with two attached hydrogens (primary N) is 1. The Labute approximate surface area is 56.8 Å². The lowest BCUT2D eigenvalue weighted by Crippen LogP contribution is -2.51. The fourth-order valence-electron chi connectivity index (χ4n) is 1.65. The van der Waals surface area contributed by atoms with Gasteiger partial charge >= 0.3 is 0 Å². The predicted molar refractivity (Wildman–Crippen MR) is 38.7 cm³/mol. The zero-order chi connectivity index (χ0) is 6.85. The molecular weight excluding hydrogens is 112 g/mol. The Kier molecular flexibility index (Phi) is 2.09. The minimum atomic E-state index is 0.593. The van der Waals surface area contributed by atoms with E-state index in [4.69, 9.17) is 5.84 Å². The molecule has 1 fully saturated rings. The third-order valence-corrected chi connectivity index (χ3v) is 2.67.